The molecule has 0 atom stereocenters. The van der Waals surface area contributed by atoms with Crippen LogP contribution in [0.5, 0.6) is 0 Å². The molecule has 0 saturated carbocycles. The Kier molecular flexibility index (Phi) is 4.00. The number of rotatable bonds is 5. The largest absolute Gasteiger partial charge is 0.283 e. The maximum Gasteiger partial charge on any atom is 0.242 e. The van der Waals surface area contributed by atoms with Gasteiger partial charge < -0.3 is 0 Å². The molecule has 96 valence electrons. The van der Waals surface area contributed by atoms with Gasteiger partial charge in [0, 0.05) is 24.9 Å². The average Bonchev–Trinajstić information content (AvgIpc) is 2.82. The highest BCUT2D eigenvalue weighted by Gasteiger charge is 2.16. The van der Waals surface area contributed by atoms with Crippen LogP contribution in [0.1, 0.15) is 5.69 Å². The van der Waals surface area contributed by atoms with Crippen molar-refractivity contribution in [3.8, 4) is 0 Å². The Morgan fingerprint density at radius 2 is 2.06 bits per heavy atom. The molecule has 0 aliphatic carbocycles. The zero-order chi connectivity index (χ0) is 13.0. The van der Waals surface area contributed by atoms with Gasteiger partial charge in [0.25, 0.3) is 0 Å². The molecule has 7 heteroatoms. The van der Waals surface area contributed by atoms with Crippen molar-refractivity contribution in [2.24, 2.45) is 0 Å². The lowest BCUT2D eigenvalue weighted by atomic mass is 10.3. The highest BCUT2D eigenvalue weighted by Crippen LogP contribution is 2.19. The highest BCUT2D eigenvalue weighted by atomic mass is 35.5. The topological polar surface area (TPSA) is 74.8 Å². The van der Waals surface area contributed by atoms with E-state index in [2.05, 4.69) is 14.9 Å². The molecule has 0 unspecified atom stereocenters. The summed E-state index contributed by atoms with van der Waals surface area (Å²) in [7, 11) is -3.56. The number of benzene rings is 1. The van der Waals surface area contributed by atoms with Gasteiger partial charge in [-0.25, -0.2) is 13.1 Å². The van der Waals surface area contributed by atoms with E-state index in [1.54, 1.807) is 30.5 Å². The van der Waals surface area contributed by atoms with Gasteiger partial charge in [0.1, 0.15) is 4.90 Å². The van der Waals surface area contributed by atoms with Gasteiger partial charge in [-0.2, -0.15) is 5.10 Å². The molecular weight excluding hydrogens is 274 g/mol. The third kappa shape index (κ3) is 3.10. The first-order valence-corrected chi connectivity index (χ1v) is 7.18. The molecule has 1 aromatic carbocycles. The summed E-state index contributed by atoms with van der Waals surface area (Å²) < 4.78 is 26.4. The first kappa shape index (κ1) is 13.1. The standard InChI is InChI=1S/C11H12ClN3O2S/c12-10-3-1-2-4-11(10)18(16,17)14-8-6-9-5-7-13-15-9/h1-5,7,14H,6,8H2,(H,13,15). The molecule has 0 fully saturated rings. The van der Waals surface area contributed by atoms with Crippen LogP contribution < -0.4 is 4.72 Å². The van der Waals surface area contributed by atoms with E-state index < -0.39 is 10.0 Å². The fourth-order valence-electron chi connectivity index (χ4n) is 1.48. The summed E-state index contributed by atoms with van der Waals surface area (Å²) in [4.78, 5) is 0.0938. The van der Waals surface area contributed by atoms with Crippen LogP contribution >= 0.6 is 11.6 Å². The van der Waals surface area contributed by atoms with Gasteiger partial charge in [-0.3, -0.25) is 5.10 Å². The number of aromatic amines is 1. The van der Waals surface area contributed by atoms with Crippen molar-refractivity contribution in [2.75, 3.05) is 6.54 Å². The van der Waals surface area contributed by atoms with E-state index in [0.717, 1.165) is 5.69 Å². The van der Waals surface area contributed by atoms with E-state index in [4.69, 9.17) is 11.6 Å². The first-order valence-electron chi connectivity index (χ1n) is 5.32. The van der Waals surface area contributed by atoms with E-state index >= 15 is 0 Å². The second-order valence-electron chi connectivity index (χ2n) is 3.66. The van der Waals surface area contributed by atoms with Gasteiger partial charge >= 0.3 is 0 Å². The SMILES string of the molecule is O=S(=O)(NCCc1ccn[nH]1)c1ccccc1Cl. The number of sulfonamides is 1. The highest BCUT2D eigenvalue weighted by molar-refractivity contribution is 7.89. The zero-order valence-corrected chi connectivity index (χ0v) is 11.0. The minimum Gasteiger partial charge on any atom is -0.283 e. The van der Waals surface area contributed by atoms with Crippen LogP contribution in [0.15, 0.2) is 41.4 Å². The summed E-state index contributed by atoms with van der Waals surface area (Å²) in [6, 6.07) is 8.14. The van der Waals surface area contributed by atoms with E-state index in [1.807, 2.05) is 0 Å². The first-order chi connectivity index (χ1) is 8.59. The van der Waals surface area contributed by atoms with Crippen molar-refractivity contribution in [1.29, 1.82) is 0 Å². The summed E-state index contributed by atoms with van der Waals surface area (Å²) in [5.74, 6) is 0. The van der Waals surface area contributed by atoms with Crippen LogP contribution in [0, 0.1) is 0 Å². The number of halogens is 1. The van der Waals surface area contributed by atoms with Crippen molar-refractivity contribution in [2.45, 2.75) is 11.3 Å². The van der Waals surface area contributed by atoms with E-state index in [9.17, 15) is 8.42 Å². The Labute approximate surface area is 110 Å². The van der Waals surface area contributed by atoms with Gasteiger partial charge in [-0.05, 0) is 18.2 Å². The van der Waals surface area contributed by atoms with Gasteiger partial charge in [-0.15, -0.1) is 0 Å². The monoisotopic (exact) mass is 285 g/mol. The molecule has 0 saturated heterocycles. The number of H-pyrrole nitrogens is 1. The third-order valence-electron chi connectivity index (χ3n) is 2.37. The smallest absolute Gasteiger partial charge is 0.242 e. The summed E-state index contributed by atoms with van der Waals surface area (Å²) in [5.41, 5.74) is 0.872. The summed E-state index contributed by atoms with van der Waals surface area (Å²) in [5, 5.41) is 6.76. The zero-order valence-electron chi connectivity index (χ0n) is 9.43. The molecule has 0 spiro atoms. The predicted octanol–water partition coefficient (Wildman–Crippen LogP) is 1.58. The minimum atomic E-state index is -3.56. The number of nitrogens with zero attached hydrogens (tertiary/aromatic N) is 1. The van der Waals surface area contributed by atoms with E-state index in [1.165, 1.54) is 6.07 Å². The molecule has 18 heavy (non-hydrogen) atoms. The lowest BCUT2D eigenvalue weighted by Gasteiger charge is -2.07. The number of nitrogens with one attached hydrogen (secondary N) is 2. The number of aromatic nitrogens is 2. The molecule has 5 nitrogen and oxygen atoms in total. The van der Waals surface area contributed by atoms with Crippen molar-refractivity contribution in [3.05, 3.63) is 47.2 Å². The Bertz CT molecular complexity index is 611. The molecule has 0 aliphatic heterocycles. The maximum atomic E-state index is 12.0. The van der Waals surface area contributed by atoms with Crippen LogP contribution in [0.25, 0.3) is 0 Å². The van der Waals surface area contributed by atoms with Crippen molar-refractivity contribution in [3.63, 3.8) is 0 Å². The Morgan fingerprint density at radius 1 is 1.28 bits per heavy atom. The Balaban J connectivity index is 2.02. The van der Waals surface area contributed by atoms with Crippen LogP contribution in [-0.4, -0.2) is 25.2 Å². The van der Waals surface area contributed by atoms with Gasteiger partial charge in [-0.1, -0.05) is 23.7 Å². The number of hydrogen-bond acceptors (Lipinski definition) is 3. The summed E-state index contributed by atoms with van der Waals surface area (Å²) in [6.45, 7) is 0.287. The summed E-state index contributed by atoms with van der Waals surface area (Å²) >= 11 is 5.85. The van der Waals surface area contributed by atoms with Crippen LogP contribution in [-0.2, 0) is 16.4 Å². The van der Waals surface area contributed by atoms with Gasteiger partial charge in [0.2, 0.25) is 10.0 Å². The van der Waals surface area contributed by atoms with Gasteiger partial charge in [0.05, 0.1) is 5.02 Å². The third-order valence-corrected chi connectivity index (χ3v) is 4.33. The van der Waals surface area contributed by atoms with E-state index in [0.29, 0.717) is 6.42 Å². The predicted molar refractivity (Wildman–Crippen MR) is 68.9 cm³/mol. The molecule has 0 aliphatic rings. The molecule has 1 heterocycles. The second kappa shape index (κ2) is 5.51. The lowest BCUT2D eigenvalue weighted by Crippen LogP contribution is -2.26. The van der Waals surface area contributed by atoms with Crippen molar-refractivity contribution in [1.82, 2.24) is 14.9 Å². The quantitative estimate of drug-likeness (QED) is 0.876. The van der Waals surface area contributed by atoms with Crippen molar-refractivity contribution < 1.29 is 8.42 Å². The maximum absolute atomic E-state index is 12.0. The van der Waals surface area contributed by atoms with Gasteiger partial charge in [0.15, 0.2) is 0 Å². The molecular formula is C11H12ClN3O2S. The normalized spacial score (nSPS) is 11.6. The summed E-state index contributed by atoms with van der Waals surface area (Å²) in [6.07, 6.45) is 2.17. The average molecular weight is 286 g/mol. The molecule has 0 radical (unpaired) electrons. The van der Waals surface area contributed by atoms with Crippen molar-refractivity contribution >= 4 is 21.6 Å². The molecule has 2 rings (SSSR count). The lowest BCUT2D eigenvalue weighted by molar-refractivity contribution is 0.581. The molecule has 1 aromatic heterocycles. The fraction of sp³-hybridized carbons (Fsp3) is 0.182. The second-order valence-corrected chi connectivity index (χ2v) is 5.80. The Morgan fingerprint density at radius 3 is 2.72 bits per heavy atom. The molecule has 0 bridgehead atoms. The molecule has 2 aromatic rings. The van der Waals surface area contributed by atoms with E-state index in [-0.39, 0.29) is 16.5 Å². The number of hydrogen-bond donors (Lipinski definition) is 2. The molecule has 2 N–H and O–H groups in total. The molecule has 0 amide bonds. The van der Waals surface area contributed by atoms with Crippen LogP contribution in [0.4, 0.5) is 0 Å². The van der Waals surface area contributed by atoms with Crippen LogP contribution in [0.3, 0.4) is 0 Å². The van der Waals surface area contributed by atoms with Crippen LogP contribution in [0.2, 0.25) is 5.02 Å². The minimum absolute atomic E-state index is 0.0938. The Hall–Kier alpha value is -1.37. The fourth-order valence-corrected chi connectivity index (χ4v) is 3.03.